The maximum Gasteiger partial charge on any atom is 0.0416 e. The van der Waals surface area contributed by atoms with Crippen LogP contribution in [0, 0.1) is 5.41 Å². The summed E-state index contributed by atoms with van der Waals surface area (Å²) in [4.78, 5) is 6.97. The lowest BCUT2D eigenvalue weighted by Crippen LogP contribution is -2.51. The van der Waals surface area contributed by atoms with Gasteiger partial charge in [-0.1, -0.05) is 26.8 Å². The van der Waals surface area contributed by atoms with Gasteiger partial charge in [0.1, 0.15) is 0 Å². The molecule has 0 radical (unpaired) electrons. The Hall–Kier alpha value is -0.930. The maximum absolute atomic E-state index is 4.43. The van der Waals surface area contributed by atoms with Crippen LogP contribution in [-0.4, -0.2) is 42.1 Å². The van der Waals surface area contributed by atoms with Crippen LogP contribution in [0.25, 0.3) is 0 Å². The summed E-state index contributed by atoms with van der Waals surface area (Å²) in [5, 5.41) is 3.79. The fourth-order valence-electron chi connectivity index (χ4n) is 3.55. The largest absolute Gasteiger partial charge is 0.312 e. The number of rotatable bonds is 7. The van der Waals surface area contributed by atoms with Crippen molar-refractivity contribution < 1.29 is 0 Å². The first-order valence-corrected chi connectivity index (χ1v) is 8.38. The summed E-state index contributed by atoms with van der Waals surface area (Å²) < 4.78 is 0. The lowest BCUT2D eigenvalue weighted by atomic mass is 9.86. The van der Waals surface area contributed by atoms with E-state index in [4.69, 9.17) is 0 Å². The summed E-state index contributed by atoms with van der Waals surface area (Å²) in [6.07, 6.45) is 6.74. The van der Waals surface area contributed by atoms with Crippen LogP contribution in [0.15, 0.2) is 24.4 Å². The van der Waals surface area contributed by atoms with Crippen LogP contribution in [0.3, 0.4) is 0 Å². The van der Waals surface area contributed by atoms with Gasteiger partial charge in [0.05, 0.1) is 0 Å². The third kappa shape index (κ3) is 4.27. The van der Waals surface area contributed by atoms with Crippen LogP contribution in [-0.2, 0) is 6.42 Å². The zero-order valence-electron chi connectivity index (χ0n) is 14.1. The van der Waals surface area contributed by atoms with Crippen LogP contribution < -0.4 is 5.32 Å². The van der Waals surface area contributed by atoms with E-state index in [-0.39, 0.29) is 0 Å². The minimum Gasteiger partial charge on any atom is -0.312 e. The minimum atomic E-state index is 0.402. The second kappa shape index (κ2) is 7.37. The van der Waals surface area contributed by atoms with Crippen LogP contribution in [0.4, 0.5) is 0 Å². The second-order valence-electron chi connectivity index (χ2n) is 7.08. The maximum atomic E-state index is 4.43. The molecule has 0 aliphatic heterocycles. The zero-order valence-corrected chi connectivity index (χ0v) is 14.1. The highest BCUT2D eigenvalue weighted by molar-refractivity contribution is 5.05. The van der Waals surface area contributed by atoms with E-state index in [2.05, 4.69) is 55.2 Å². The van der Waals surface area contributed by atoms with Crippen molar-refractivity contribution in [1.29, 1.82) is 0 Å². The number of hydrogen-bond acceptors (Lipinski definition) is 3. The molecule has 21 heavy (non-hydrogen) atoms. The van der Waals surface area contributed by atoms with E-state index in [1.54, 1.807) is 0 Å². The molecular weight excluding hydrogens is 258 g/mol. The summed E-state index contributed by atoms with van der Waals surface area (Å²) in [6, 6.07) is 7.44. The summed E-state index contributed by atoms with van der Waals surface area (Å²) >= 11 is 0. The Morgan fingerprint density at radius 2 is 2.19 bits per heavy atom. The second-order valence-corrected chi connectivity index (χ2v) is 7.08. The van der Waals surface area contributed by atoms with Crippen LogP contribution in [0.1, 0.15) is 45.7 Å². The Balaban J connectivity index is 1.92. The molecule has 118 valence electrons. The van der Waals surface area contributed by atoms with Crippen LogP contribution in [0.5, 0.6) is 0 Å². The van der Waals surface area contributed by atoms with Gasteiger partial charge in [0, 0.05) is 36.9 Å². The van der Waals surface area contributed by atoms with E-state index in [0.29, 0.717) is 17.5 Å². The topological polar surface area (TPSA) is 28.2 Å². The van der Waals surface area contributed by atoms with Crippen molar-refractivity contribution in [3.05, 3.63) is 30.1 Å². The number of nitrogens with one attached hydrogen (secondary N) is 1. The predicted molar refractivity (Wildman–Crippen MR) is 89.5 cm³/mol. The first kappa shape index (κ1) is 16.4. The molecule has 0 aromatic carbocycles. The van der Waals surface area contributed by atoms with Crippen molar-refractivity contribution in [2.75, 3.05) is 20.1 Å². The molecule has 1 saturated carbocycles. The Bertz CT molecular complexity index is 416. The number of aromatic nitrogens is 1. The van der Waals surface area contributed by atoms with Crippen LogP contribution in [0.2, 0.25) is 0 Å². The van der Waals surface area contributed by atoms with E-state index < -0.39 is 0 Å². The minimum absolute atomic E-state index is 0.402. The van der Waals surface area contributed by atoms with Crippen molar-refractivity contribution >= 4 is 0 Å². The lowest BCUT2D eigenvalue weighted by Gasteiger charge is -2.36. The molecule has 2 rings (SSSR count). The van der Waals surface area contributed by atoms with E-state index >= 15 is 0 Å². The molecule has 1 aliphatic carbocycles. The van der Waals surface area contributed by atoms with Gasteiger partial charge in [-0.05, 0) is 50.4 Å². The van der Waals surface area contributed by atoms with E-state index in [9.17, 15) is 0 Å². The Kier molecular flexibility index (Phi) is 5.77. The summed E-state index contributed by atoms with van der Waals surface area (Å²) in [5.41, 5.74) is 1.60. The van der Waals surface area contributed by atoms with Gasteiger partial charge in [0.15, 0.2) is 0 Å². The molecule has 2 atom stereocenters. The average molecular weight is 289 g/mol. The number of likely N-dealkylation sites (N-methyl/N-ethyl adjacent to an activating group) is 1. The highest BCUT2D eigenvalue weighted by Crippen LogP contribution is 2.39. The molecule has 1 aromatic rings. The molecule has 0 amide bonds. The summed E-state index contributed by atoms with van der Waals surface area (Å²) in [5.74, 6) is 0. The van der Waals surface area contributed by atoms with Crippen molar-refractivity contribution in [2.24, 2.45) is 5.41 Å². The fourth-order valence-corrected chi connectivity index (χ4v) is 3.55. The Morgan fingerprint density at radius 3 is 2.86 bits per heavy atom. The standard InChI is InChI=1S/C18H31N3/c1-5-12-20-17-16(9-11-18(17,2)3)21(4)14-10-15-8-6-7-13-19-15/h6-8,13,16-17,20H,5,9-12,14H2,1-4H3. The predicted octanol–water partition coefficient (Wildman–Crippen LogP) is 3.11. The molecule has 0 spiro atoms. The fraction of sp³-hybridized carbons (Fsp3) is 0.722. The van der Waals surface area contributed by atoms with Crippen LogP contribution >= 0.6 is 0 Å². The molecule has 3 nitrogen and oxygen atoms in total. The Morgan fingerprint density at radius 1 is 1.38 bits per heavy atom. The normalized spacial score (nSPS) is 24.6. The summed E-state index contributed by atoms with van der Waals surface area (Å²) in [6.45, 7) is 9.27. The van der Waals surface area contributed by atoms with Crippen molar-refractivity contribution in [3.8, 4) is 0 Å². The highest BCUT2D eigenvalue weighted by Gasteiger charge is 2.42. The van der Waals surface area contributed by atoms with Gasteiger partial charge >= 0.3 is 0 Å². The van der Waals surface area contributed by atoms with Gasteiger partial charge in [-0.3, -0.25) is 4.98 Å². The van der Waals surface area contributed by atoms with E-state index in [0.717, 1.165) is 19.5 Å². The molecule has 1 N–H and O–H groups in total. The molecule has 1 aliphatic rings. The lowest BCUT2D eigenvalue weighted by molar-refractivity contribution is 0.172. The SMILES string of the molecule is CCCNC1C(N(C)CCc2ccccn2)CCC1(C)C. The molecule has 2 unspecified atom stereocenters. The van der Waals surface area contributed by atoms with Gasteiger partial charge in [0.25, 0.3) is 0 Å². The van der Waals surface area contributed by atoms with E-state index in [1.165, 1.54) is 25.0 Å². The number of hydrogen-bond donors (Lipinski definition) is 1. The molecule has 1 heterocycles. The Labute approximate surface area is 130 Å². The number of pyridine rings is 1. The monoisotopic (exact) mass is 289 g/mol. The molecule has 0 bridgehead atoms. The average Bonchev–Trinajstić information content (AvgIpc) is 2.78. The first-order chi connectivity index (χ1) is 10.0. The molecule has 1 fully saturated rings. The molecular formula is C18H31N3. The smallest absolute Gasteiger partial charge is 0.0416 e. The van der Waals surface area contributed by atoms with Gasteiger partial charge < -0.3 is 10.2 Å². The van der Waals surface area contributed by atoms with Crippen molar-refractivity contribution in [2.45, 2.75) is 58.5 Å². The quantitative estimate of drug-likeness (QED) is 0.836. The van der Waals surface area contributed by atoms with Crippen molar-refractivity contribution in [1.82, 2.24) is 15.2 Å². The van der Waals surface area contributed by atoms with Gasteiger partial charge in [-0.15, -0.1) is 0 Å². The third-order valence-corrected chi connectivity index (χ3v) is 4.94. The van der Waals surface area contributed by atoms with E-state index in [1.807, 2.05) is 12.3 Å². The van der Waals surface area contributed by atoms with Gasteiger partial charge in [-0.2, -0.15) is 0 Å². The summed E-state index contributed by atoms with van der Waals surface area (Å²) in [7, 11) is 2.27. The first-order valence-electron chi connectivity index (χ1n) is 8.38. The third-order valence-electron chi connectivity index (χ3n) is 4.94. The highest BCUT2D eigenvalue weighted by atomic mass is 15.2. The van der Waals surface area contributed by atoms with Crippen molar-refractivity contribution in [3.63, 3.8) is 0 Å². The number of nitrogens with zero attached hydrogens (tertiary/aromatic N) is 2. The van der Waals surface area contributed by atoms with Gasteiger partial charge in [0.2, 0.25) is 0 Å². The van der Waals surface area contributed by atoms with Gasteiger partial charge in [-0.25, -0.2) is 0 Å². The molecule has 0 saturated heterocycles. The molecule has 1 aromatic heterocycles. The zero-order chi connectivity index (χ0) is 15.3. The molecule has 3 heteroatoms.